The Kier molecular flexibility index (Phi) is 11.1. The van der Waals surface area contributed by atoms with Crippen LogP contribution in [-0.4, -0.2) is 72.5 Å². The first-order valence-corrected chi connectivity index (χ1v) is 16.2. The average Bonchev–Trinajstić information content (AvgIpc) is 3.54. The summed E-state index contributed by atoms with van der Waals surface area (Å²) in [4.78, 5) is 55.9. The molecule has 4 atom stereocenters. The fraction of sp³-hybridized carbons (Fsp3) is 0.389. The normalized spacial score (nSPS) is 20.7. The van der Waals surface area contributed by atoms with E-state index in [4.69, 9.17) is 14.2 Å². The van der Waals surface area contributed by atoms with E-state index >= 15 is 0 Å². The predicted octanol–water partition coefficient (Wildman–Crippen LogP) is 4.21. The summed E-state index contributed by atoms with van der Waals surface area (Å²) in [6.45, 7) is 5.99. The first-order valence-electron chi connectivity index (χ1n) is 16.2. The van der Waals surface area contributed by atoms with Crippen LogP contribution in [0.15, 0.2) is 72.8 Å². The standard InChI is InChI=1S/C36H41FN4O7/c1-22(2)32-36(45)41-18-10-11-24(41)21-47-29-16-8-7-14-26(29)34(43)39-28(19-31(42)40-32)35(44)38-23(3)20-46-30-17-9-15-27(37)33(30)48-25-12-5-4-6-13-25/h4-9,12-17,22-24,28,32H,10-11,18-21H2,1-3H3,(H,38,44)(H,39,43)(H,40,42)/t23-,24+,28+,32-/m1/s1. The maximum Gasteiger partial charge on any atom is 0.255 e. The number of nitrogens with one attached hydrogen (secondary N) is 3. The molecule has 254 valence electrons. The highest BCUT2D eigenvalue weighted by Crippen LogP contribution is 2.34. The van der Waals surface area contributed by atoms with Crippen molar-refractivity contribution in [3.05, 3.63) is 84.2 Å². The van der Waals surface area contributed by atoms with Crippen LogP contribution in [0.5, 0.6) is 23.0 Å². The summed E-state index contributed by atoms with van der Waals surface area (Å²) in [6.07, 6.45) is 1.11. The summed E-state index contributed by atoms with van der Waals surface area (Å²) in [5.41, 5.74) is 0.192. The first-order chi connectivity index (χ1) is 23.1. The molecule has 4 amide bonds. The van der Waals surface area contributed by atoms with E-state index in [-0.39, 0.29) is 48.1 Å². The summed E-state index contributed by atoms with van der Waals surface area (Å²) >= 11 is 0. The van der Waals surface area contributed by atoms with Crippen molar-refractivity contribution >= 4 is 23.6 Å². The molecule has 48 heavy (non-hydrogen) atoms. The van der Waals surface area contributed by atoms with Gasteiger partial charge >= 0.3 is 0 Å². The Labute approximate surface area is 279 Å². The highest BCUT2D eigenvalue weighted by Gasteiger charge is 2.37. The van der Waals surface area contributed by atoms with Crippen molar-refractivity contribution in [3.8, 4) is 23.0 Å². The third-order valence-corrected chi connectivity index (χ3v) is 8.26. The summed E-state index contributed by atoms with van der Waals surface area (Å²) in [7, 11) is 0. The van der Waals surface area contributed by atoms with Gasteiger partial charge in [0.15, 0.2) is 11.6 Å². The highest BCUT2D eigenvalue weighted by atomic mass is 19.1. The van der Waals surface area contributed by atoms with Gasteiger partial charge in [0, 0.05) is 6.54 Å². The summed E-state index contributed by atoms with van der Waals surface area (Å²) in [6, 6.07) is 16.6. The number of hydrogen-bond acceptors (Lipinski definition) is 7. The summed E-state index contributed by atoms with van der Waals surface area (Å²) in [5.74, 6) is -2.11. The first kappa shape index (κ1) is 34.2. The summed E-state index contributed by atoms with van der Waals surface area (Å²) < 4.78 is 32.4. The Balaban J connectivity index is 1.32. The molecule has 2 heterocycles. The molecule has 5 rings (SSSR count). The Morgan fingerprint density at radius 3 is 2.52 bits per heavy atom. The van der Waals surface area contributed by atoms with Crippen molar-refractivity contribution in [1.82, 2.24) is 20.9 Å². The van der Waals surface area contributed by atoms with Crippen LogP contribution in [0.25, 0.3) is 0 Å². The molecular formula is C36H41FN4O7. The molecule has 0 radical (unpaired) electrons. The molecule has 0 saturated carbocycles. The number of para-hydroxylation sites is 3. The molecule has 1 fully saturated rings. The molecule has 0 bridgehead atoms. The lowest BCUT2D eigenvalue weighted by atomic mass is 10.0. The zero-order valence-electron chi connectivity index (χ0n) is 27.2. The number of halogens is 1. The molecule has 2 aliphatic heterocycles. The van der Waals surface area contributed by atoms with Gasteiger partial charge in [-0.15, -0.1) is 0 Å². The van der Waals surface area contributed by atoms with Gasteiger partial charge in [-0.25, -0.2) is 4.39 Å². The van der Waals surface area contributed by atoms with Crippen LogP contribution in [0.1, 0.15) is 50.4 Å². The topological polar surface area (TPSA) is 135 Å². The quantitative estimate of drug-likeness (QED) is 0.330. The number of ether oxygens (including phenoxy) is 3. The zero-order chi connectivity index (χ0) is 34.2. The molecule has 2 aliphatic rings. The SMILES string of the molecule is CC(C)[C@H]1NC(=O)C[C@@H](C(=O)N[C@H](C)COc2cccc(F)c2Oc2ccccc2)NC(=O)c2ccccc2OC[C@@H]2CCCN2C1=O. The number of rotatable bonds is 8. The minimum Gasteiger partial charge on any atom is -0.491 e. The maximum atomic E-state index is 14.7. The molecule has 12 heteroatoms. The molecule has 3 aromatic carbocycles. The maximum absolute atomic E-state index is 14.7. The van der Waals surface area contributed by atoms with Crippen molar-refractivity contribution in [2.75, 3.05) is 19.8 Å². The van der Waals surface area contributed by atoms with E-state index in [1.54, 1.807) is 66.4 Å². The minimum atomic E-state index is -1.30. The van der Waals surface area contributed by atoms with Crippen LogP contribution in [0.4, 0.5) is 4.39 Å². The Morgan fingerprint density at radius 2 is 1.75 bits per heavy atom. The van der Waals surface area contributed by atoms with Crippen LogP contribution in [-0.2, 0) is 14.4 Å². The molecule has 0 aromatic heterocycles. The zero-order valence-corrected chi connectivity index (χ0v) is 27.2. The molecular weight excluding hydrogens is 619 g/mol. The van der Waals surface area contributed by atoms with E-state index in [0.29, 0.717) is 18.0 Å². The van der Waals surface area contributed by atoms with Crippen LogP contribution < -0.4 is 30.2 Å². The molecule has 0 aliphatic carbocycles. The van der Waals surface area contributed by atoms with Crippen molar-refractivity contribution in [2.45, 2.75) is 64.2 Å². The largest absolute Gasteiger partial charge is 0.491 e. The van der Waals surface area contributed by atoms with E-state index in [2.05, 4.69) is 16.0 Å². The van der Waals surface area contributed by atoms with Gasteiger partial charge in [0.05, 0.1) is 24.1 Å². The van der Waals surface area contributed by atoms with E-state index in [1.807, 2.05) is 19.9 Å². The third kappa shape index (κ3) is 8.41. The Bertz CT molecular complexity index is 1620. The van der Waals surface area contributed by atoms with Gasteiger partial charge in [-0.2, -0.15) is 0 Å². The van der Waals surface area contributed by atoms with Crippen molar-refractivity contribution in [1.29, 1.82) is 0 Å². The Hall–Kier alpha value is -5.13. The van der Waals surface area contributed by atoms with Crippen LogP contribution >= 0.6 is 0 Å². The number of carbonyl (C=O) groups excluding carboxylic acids is 4. The van der Waals surface area contributed by atoms with Gasteiger partial charge in [-0.05, 0) is 62.1 Å². The van der Waals surface area contributed by atoms with E-state index in [1.165, 1.54) is 12.1 Å². The lowest BCUT2D eigenvalue weighted by molar-refractivity contribution is -0.139. The van der Waals surface area contributed by atoms with Gasteiger partial charge in [0.25, 0.3) is 5.91 Å². The van der Waals surface area contributed by atoms with Crippen molar-refractivity contribution < 1.29 is 37.8 Å². The molecule has 11 nitrogen and oxygen atoms in total. The molecule has 1 saturated heterocycles. The number of nitrogens with zero attached hydrogens (tertiary/aromatic N) is 1. The smallest absolute Gasteiger partial charge is 0.255 e. The monoisotopic (exact) mass is 660 g/mol. The fourth-order valence-corrected chi connectivity index (χ4v) is 5.73. The van der Waals surface area contributed by atoms with Crippen LogP contribution in [0.3, 0.4) is 0 Å². The predicted molar refractivity (Wildman–Crippen MR) is 175 cm³/mol. The number of carbonyl (C=O) groups is 4. The number of hydrogen-bond donors (Lipinski definition) is 3. The highest BCUT2D eigenvalue weighted by molar-refractivity contribution is 6.01. The number of amides is 4. The van der Waals surface area contributed by atoms with Gasteiger partial charge in [0.2, 0.25) is 23.5 Å². The molecule has 0 unspecified atom stereocenters. The van der Waals surface area contributed by atoms with E-state index in [9.17, 15) is 23.6 Å². The van der Waals surface area contributed by atoms with Crippen molar-refractivity contribution in [3.63, 3.8) is 0 Å². The third-order valence-electron chi connectivity index (χ3n) is 8.26. The molecule has 3 aromatic rings. The number of fused-ring (bicyclic) bond motifs is 2. The van der Waals surface area contributed by atoms with Gasteiger partial charge in [-0.1, -0.05) is 50.2 Å². The van der Waals surface area contributed by atoms with E-state index < -0.39 is 48.1 Å². The van der Waals surface area contributed by atoms with Gasteiger partial charge < -0.3 is 35.1 Å². The average molecular weight is 661 g/mol. The second-order valence-electron chi connectivity index (χ2n) is 12.4. The molecule has 0 spiro atoms. The van der Waals surface area contributed by atoms with Crippen LogP contribution in [0.2, 0.25) is 0 Å². The van der Waals surface area contributed by atoms with E-state index in [0.717, 1.165) is 12.8 Å². The van der Waals surface area contributed by atoms with Gasteiger partial charge in [-0.3, -0.25) is 19.2 Å². The van der Waals surface area contributed by atoms with Crippen molar-refractivity contribution in [2.24, 2.45) is 5.92 Å². The second kappa shape index (κ2) is 15.6. The number of benzene rings is 3. The second-order valence-corrected chi connectivity index (χ2v) is 12.4. The fourth-order valence-electron chi connectivity index (χ4n) is 5.73. The summed E-state index contributed by atoms with van der Waals surface area (Å²) in [5, 5.41) is 8.27. The molecule has 3 N–H and O–H groups in total. The van der Waals surface area contributed by atoms with Gasteiger partial charge in [0.1, 0.15) is 36.8 Å². The Morgan fingerprint density at radius 1 is 1.00 bits per heavy atom. The van der Waals surface area contributed by atoms with Crippen LogP contribution in [0, 0.1) is 11.7 Å². The minimum absolute atomic E-state index is 0.0786. The lowest BCUT2D eigenvalue weighted by Gasteiger charge is -2.32. The lowest BCUT2D eigenvalue weighted by Crippen LogP contribution is -2.56.